The molecule has 146 valence electrons. The highest BCUT2D eigenvalue weighted by Gasteiger charge is 2.12. The molecule has 7 heteroatoms. The first-order chi connectivity index (χ1) is 12.6. The molecule has 0 saturated carbocycles. The number of nitrogen functional groups attached to an aromatic ring is 1. The van der Waals surface area contributed by atoms with Gasteiger partial charge in [0.1, 0.15) is 0 Å². The van der Waals surface area contributed by atoms with E-state index in [2.05, 4.69) is 37.9 Å². The number of nitrogens with two attached hydrogens (primary N) is 1. The van der Waals surface area contributed by atoms with Crippen LogP contribution in [0.2, 0.25) is 0 Å². The number of hydrogen-bond donors (Lipinski definition) is 2. The van der Waals surface area contributed by atoms with E-state index >= 15 is 0 Å². The zero-order chi connectivity index (χ0) is 20.2. The van der Waals surface area contributed by atoms with Crippen LogP contribution >= 0.6 is 0 Å². The van der Waals surface area contributed by atoms with E-state index in [9.17, 15) is 8.42 Å². The molecule has 0 atom stereocenters. The average Bonchev–Trinajstić information content (AvgIpc) is 2.55. The Kier molecular flexibility index (Phi) is 6.73. The first kappa shape index (κ1) is 21.1. The van der Waals surface area contributed by atoms with Gasteiger partial charge >= 0.3 is 0 Å². The first-order valence-corrected chi connectivity index (χ1v) is 10.4. The fraction of sp³-hybridized carbons (Fsp3) is 0.400. The van der Waals surface area contributed by atoms with Crippen molar-refractivity contribution in [2.24, 2.45) is 22.1 Å². The standard InChI is InChI=1S/C20H27N3O3S/c1-13(2)9-15-11-18(12-16(20(15)21)10-14(3)4)23-22-17-5-7-19(8-6-17)27(24,25)26/h5-8,11-14H,9-10,21H2,1-4H3,(H,24,25,26). The normalized spacial score (nSPS) is 12.4. The SMILES string of the molecule is CC(C)Cc1cc(N=Nc2ccc(S(=O)(=O)O)cc2)cc(CC(C)C)c1N. The van der Waals surface area contributed by atoms with Crippen LogP contribution in [0.4, 0.5) is 17.1 Å². The van der Waals surface area contributed by atoms with E-state index in [0.717, 1.165) is 29.7 Å². The lowest BCUT2D eigenvalue weighted by atomic mass is 9.94. The van der Waals surface area contributed by atoms with E-state index in [4.69, 9.17) is 10.3 Å². The number of benzene rings is 2. The van der Waals surface area contributed by atoms with E-state index in [1.807, 2.05) is 12.1 Å². The zero-order valence-electron chi connectivity index (χ0n) is 16.2. The molecule has 6 nitrogen and oxygen atoms in total. The summed E-state index contributed by atoms with van der Waals surface area (Å²) in [6, 6.07) is 9.48. The van der Waals surface area contributed by atoms with Gasteiger partial charge in [0.2, 0.25) is 0 Å². The van der Waals surface area contributed by atoms with Crippen LogP contribution in [0, 0.1) is 11.8 Å². The van der Waals surface area contributed by atoms with Crippen molar-refractivity contribution in [3.05, 3.63) is 47.5 Å². The van der Waals surface area contributed by atoms with Gasteiger partial charge < -0.3 is 5.73 Å². The topological polar surface area (TPSA) is 105 Å². The summed E-state index contributed by atoms with van der Waals surface area (Å²) < 4.78 is 31.2. The largest absolute Gasteiger partial charge is 0.398 e. The van der Waals surface area contributed by atoms with Crippen molar-refractivity contribution in [3.8, 4) is 0 Å². The minimum absolute atomic E-state index is 0.174. The molecule has 2 aromatic rings. The summed E-state index contributed by atoms with van der Waals surface area (Å²) in [5, 5.41) is 8.48. The lowest BCUT2D eigenvalue weighted by molar-refractivity contribution is 0.483. The lowest BCUT2D eigenvalue weighted by Crippen LogP contribution is -2.05. The Morgan fingerprint density at radius 3 is 1.74 bits per heavy atom. The van der Waals surface area contributed by atoms with E-state index in [1.165, 1.54) is 24.3 Å². The molecule has 27 heavy (non-hydrogen) atoms. The molecule has 2 rings (SSSR count). The van der Waals surface area contributed by atoms with Crippen LogP contribution in [0.25, 0.3) is 0 Å². The van der Waals surface area contributed by atoms with Crippen molar-refractivity contribution in [1.29, 1.82) is 0 Å². The van der Waals surface area contributed by atoms with Crippen molar-refractivity contribution >= 4 is 27.2 Å². The summed E-state index contributed by atoms with van der Waals surface area (Å²) in [7, 11) is -4.21. The smallest absolute Gasteiger partial charge is 0.294 e. The summed E-state index contributed by atoms with van der Waals surface area (Å²) >= 11 is 0. The lowest BCUT2D eigenvalue weighted by Gasteiger charge is -2.15. The van der Waals surface area contributed by atoms with Crippen LogP contribution in [0.1, 0.15) is 38.8 Å². The molecule has 0 amide bonds. The van der Waals surface area contributed by atoms with Gasteiger partial charge in [0.25, 0.3) is 10.1 Å². The van der Waals surface area contributed by atoms with Gasteiger partial charge in [0.15, 0.2) is 0 Å². The van der Waals surface area contributed by atoms with E-state index in [0.29, 0.717) is 23.2 Å². The molecule has 0 fully saturated rings. The summed E-state index contributed by atoms with van der Waals surface area (Å²) in [5.41, 5.74) is 10.5. The predicted octanol–water partition coefficient (Wildman–Crippen LogP) is 5.33. The number of nitrogens with zero attached hydrogens (tertiary/aromatic N) is 2. The third-order valence-corrected chi connectivity index (χ3v) is 4.88. The Balaban J connectivity index is 2.34. The molecule has 0 aromatic heterocycles. The maximum atomic E-state index is 11.1. The number of azo groups is 1. The molecule has 0 aliphatic carbocycles. The second-order valence-corrected chi connectivity index (χ2v) is 8.96. The average molecular weight is 390 g/mol. The zero-order valence-corrected chi connectivity index (χ0v) is 17.0. The van der Waals surface area contributed by atoms with Crippen molar-refractivity contribution in [2.75, 3.05) is 5.73 Å². The highest BCUT2D eigenvalue weighted by Crippen LogP contribution is 2.30. The molecule has 0 radical (unpaired) electrons. The van der Waals surface area contributed by atoms with Crippen molar-refractivity contribution in [3.63, 3.8) is 0 Å². The molecule has 0 saturated heterocycles. The second-order valence-electron chi connectivity index (χ2n) is 7.54. The van der Waals surface area contributed by atoms with Crippen LogP contribution < -0.4 is 5.73 Å². The highest BCUT2D eigenvalue weighted by molar-refractivity contribution is 7.85. The fourth-order valence-electron chi connectivity index (χ4n) is 2.84. The number of rotatable bonds is 7. The van der Waals surface area contributed by atoms with Crippen molar-refractivity contribution in [1.82, 2.24) is 0 Å². The van der Waals surface area contributed by atoms with Gasteiger partial charge in [0, 0.05) is 5.69 Å². The molecule has 0 spiro atoms. The summed E-state index contributed by atoms with van der Waals surface area (Å²) in [5.74, 6) is 0.943. The molecule has 3 N–H and O–H groups in total. The quantitative estimate of drug-likeness (QED) is 0.379. The van der Waals surface area contributed by atoms with Gasteiger partial charge in [-0.1, -0.05) is 27.7 Å². The Bertz CT molecular complexity index is 887. The van der Waals surface area contributed by atoms with Crippen LogP contribution in [0.3, 0.4) is 0 Å². The fourth-order valence-corrected chi connectivity index (χ4v) is 3.32. The van der Waals surface area contributed by atoms with Crippen molar-refractivity contribution in [2.45, 2.75) is 45.4 Å². The minimum atomic E-state index is -4.21. The highest BCUT2D eigenvalue weighted by atomic mass is 32.2. The van der Waals surface area contributed by atoms with Gasteiger partial charge in [0.05, 0.1) is 16.3 Å². The van der Waals surface area contributed by atoms with Crippen LogP contribution in [-0.4, -0.2) is 13.0 Å². The Morgan fingerprint density at radius 1 is 0.889 bits per heavy atom. The monoisotopic (exact) mass is 389 g/mol. The maximum absolute atomic E-state index is 11.1. The van der Waals surface area contributed by atoms with Crippen LogP contribution in [0.15, 0.2) is 51.5 Å². The molecular weight excluding hydrogens is 362 g/mol. The van der Waals surface area contributed by atoms with Gasteiger partial charge in [-0.15, -0.1) is 0 Å². The first-order valence-electron chi connectivity index (χ1n) is 8.96. The predicted molar refractivity (Wildman–Crippen MR) is 108 cm³/mol. The van der Waals surface area contributed by atoms with Gasteiger partial charge in [-0.05, 0) is 72.2 Å². The van der Waals surface area contributed by atoms with Crippen LogP contribution in [0.5, 0.6) is 0 Å². The Morgan fingerprint density at radius 2 is 1.33 bits per heavy atom. The summed E-state index contributed by atoms with van der Waals surface area (Å²) in [4.78, 5) is -0.174. The van der Waals surface area contributed by atoms with E-state index in [-0.39, 0.29) is 4.90 Å². The summed E-state index contributed by atoms with van der Waals surface area (Å²) in [6.07, 6.45) is 1.73. The minimum Gasteiger partial charge on any atom is -0.398 e. The third kappa shape index (κ3) is 6.15. The molecule has 0 bridgehead atoms. The molecule has 0 heterocycles. The van der Waals surface area contributed by atoms with Crippen LogP contribution in [-0.2, 0) is 23.0 Å². The van der Waals surface area contributed by atoms with E-state index in [1.54, 1.807) is 0 Å². The third-order valence-electron chi connectivity index (χ3n) is 4.01. The summed E-state index contributed by atoms with van der Waals surface area (Å²) in [6.45, 7) is 8.58. The number of hydrogen-bond acceptors (Lipinski definition) is 5. The Hall–Kier alpha value is -2.25. The number of anilines is 1. The molecule has 2 aromatic carbocycles. The van der Waals surface area contributed by atoms with Gasteiger partial charge in [-0.3, -0.25) is 4.55 Å². The van der Waals surface area contributed by atoms with Crippen molar-refractivity contribution < 1.29 is 13.0 Å². The maximum Gasteiger partial charge on any atom is 0.294 e. The molecule has 0 aliphatic heterocycles. The molecule has 0 aliphatic rings. The Labute approximate surface area is 161 Å². The van der Waals surface area contributed by atoms with E-state index < -0.39 is 10.1 Å². The molecule has 0 unspecified atom stereocenters. The molecular formula is C20H27N3O3S. The second kappa shape index (κ2) is 8.63. The van der Waals surface area contributed by atoms with Gasteiger partial charge in [-0.25, -0.2) is 0 Å². The van der Waals surface area contributed by atoms with Gasteiger partial charge in [-0.2, -0.15) is 18.6 Å².